The van der Waals surface area contributed by atoms with Gasteiger partial charge >= 0.3 is 0 Å². The summed E-state index contributed by atoms with van der Waals surface area (Å²) >= 11 is 3.36. The quantitative estimate of drug-likeness (QED) is 0.788. The Morgan fingerprint density at radius 1 is 0.960 bits per heavy atom. The number of benzene rings is 1. The van der Waals surface area contributed by atoms with Gasteiger partial charge in [0.15, 0.2) is 0 Å². The van der Waals surface area contributed by atoms with Crippen LogP contribution in [0.2, 0.25) is 0 Å². The second-order valence-corrected chi connectivity index (χ2v) is 7.27. The molecule has 1 aromatic carbocycles. The third kappa shape index (κ3) is 3.39. The fourth-order valence-electron chi connectivity index (χ4n) is 3.57. The molecule has 3 heterocycles. The van der Waals surface area contributed by atoms with Crippen molar-refractivity contribution in [2.75, 3.05) is 42.5 Å². The fraction of sp³-hybridized carbons (Fsp3) is 0.389. The van der Waals surface area contributed by atoms with Crippen molar-refractivity contribution in [2.45, 2.75) is 12.5 Å². The van der Waals surface area contributed by atoms with Gasteiger partial charge in [0.25, 0.3) is 0 Å². The van der Waals surface area contributed by atoms with E-state index in [1.807, 2.05) is 35.2 Å². The number of rotatable bonds is 3. The number of halogens is 1. The molecular weight excluding hydrogens is 382 g/mol. The monoisotopic (exact) mass is 401 g/mol. The lowest BCUT2D eigenvalue weighted by Gasteiger charge is -2.37. The first-order valence-corrected chi connectivity index (χ1v) is 9.34. The van der Waals surface area contributed by atoms with Crippen LogP contribution in [0.15, 0.2) is 47.2 Å². The summed E-state index contributed by atoms with van der Waals surface area (Å²) in [5.41, 5.74) is 0.997. The molecule has 1 atom stereocenters. The minimum Gasteiger partial charge on any atom is -0.338 e. The van der Waals surface area contributed by atoms with E-state index in [0.717, 1.165) is 55.3 Å². The number of amides is 1. The van der Waals surface area contributed by atoms with Crippen LogP contribution in [0, 0.1) is 0 Å². The van der Waals surface area contributed by atoms with Crippen molar-refractivity contribution >= 4 is 33.5 Å². The van der Waals surface area contributed by atoms with Crippen LogP contribution in [0.25, 0.3) is 0 Å². The average molecular weight is 402 g/mol. The Hall–Kier alpha value is -1.99. The third-order valence-corrected chi connectivity index (χ3v) is 5.30. The lowest BCUT2D eigenvalue weighted by molar-refractivity contribution is -0.121. The maximum absolute atomic E-state index is 12.8. The van der Waals surface area contributed by atoms with Gasteiger partial charge in [0.1, 0.15) is 0 Å². The Morgan fingerprint density at radius 2 is 1.64 bits per heavy atom. The highest BCUT2D eigenvalue weighted by Crippen LogP contribution is 2.25. The highest BCUT2D eigenvalue weighted by atomic mass is 79.9. The predicted molar refractivity (Wildman–Crippen MR) is 101 cm³/mol. The third-order valence-electron chi connectivity index (χ3n) is 4.89. The molecule has 25 heavy (non-hydrogen) atoms. The van der Waals surface area contributed by atoms with Crippen molar-refractivity contribution in [1.82, 2.24) is 14.9 Å². The maximum Gasteiger partial charge on any atom is 0.244 e. The van der Waals surface area contributed by atoms with Crippen LogP contribution in [-0.4, -0.2) is 59.5 Å². The largest absolute Gasteiger partial charge is 0.338 e. The normalized spacial score (nSPS) is 21.8. The Morgan fingerprint density at radius 3 is 2.32 bits per heavy atom. The number of carbonyl (C=O) groups excluding carboxylic acids is 1. The Kier molecular flexibility index (Phi) is 4.67. The van der Waals surface area contributed by atoms with Gasteiger partial charge in [-0.1, -0.05) is 18.2 Å². The lowest BCUT2D eigenvalue weighted by Crippen LogP contribution is -2.53. The molecule has 0 radical (unpaired) electrons. The van der Waals surface area contributed by atoms with Gasteiger partial charge in [-0.25, -0.2) is 9.97 Å². The molecule has 0 spiro atoms. The first-order valence-electron chi connectivity index (χ1n) is 8.55. The van der Waals surface area contributed by atoms with Crippen LogP contribution in [0.5, 0.6) is 0 Å². The summed E-state index contributed by atoms with van der Waals surface area (Å²) in [6, 6.07) is 9.94. The second kappa shape index (κ2) is 7.09. The SMILES string of the molecule is O=C1C(N2CCN(c3ncc(Br)cn3)CC2)CCN1c1ccccc1. The van der Waals surface area contributed by atoms with E-state index in [1.54, 1.807) is 12.4 Å². The molecule has 2 saturated heterocycles. The summed E-state index contributed by atoms with van der Waals surface area (Å²) in [7, 11) is 0. The van der Waals surface area contributed by atoms with E-state index in [4.69, 9.17) is 0 Å². The molecular formula is C18H20BrN5O. The average Bonchev–Trinajstić information content (AvgIpc) is 3.05. The summed E-state index contributed by atoms with van der Waals surface area (Å²) in [5.74, 6) is 0.978. The van der Waals surface area contributed by atoms with Gasteiger partial charge in [-0.3, -0.25) is 9.69 Å². The number of carbonyl (C=O) groups is 1. The number of anilines is 2. The summed E-state index contributed by atoms with van der Waals surface area (Å²) in [5, 5.41) is 0. The van der Waals surface area contributed by atoms with Gasteiger partial charge < -0.3 is 9.80 Å². The summed E-state index contributed by atoms with van der Waals surface area (Å²) in [4.78, 5) is 28.0. The van der Waals surface area contributed by atoms with E-state index < -0.39 is 0 Å². The predicted octanol–water partition coefficient (Wildman–Crippen LogP) is 2.17. The highest BCUT2D eigenvalue weighted by molar-refractivity contribution is 9.10. The molecule has 6 nitrogen and oxygen atoms in total. The van der Waals surface area contributed by atoms with Crippen molar-refractivity contribution < 1.29 is 4.79 Å². The number of aromatic nitrogens is 2. The van der Waals surface area contributed by atoms with E-state index in [1.165, 1.54) is 0 Å². The molecule has 130 valence electrons. The van der Waals surface area contributed by atoms with Gasteiger partial charge in [-0.2, -0.15) is 0 Å². The molecule has 0 N–H and O–H groups in total. The summed E-state index contributed by atoms with van der Waals surface area (Å²) in [6.07, 6.45) is 4.43. The van der Waals surface area contributed by atoms with Crippen molar-refractivity contribution in [2.24, 2.45) is 0 Å². The van der Waals surface area contributed by atoms with Crippen molar-refractivity contribution in [3.63, 3.8) is 0 Å². The van der Waals surface area contributed by atoms with Crippen LogP contribution in [0.4, 0.5) is 11.6 Å². The number of hydrogen-bond donors (Lipinski definition) is 0. The van der Waals surface area contributed by atoms with Crippen LogP contribution in [0.1, 0.15) is 6.42 Å². The number of piperazine rings is 1. The van der Waals surface area contributed by atoms with Crippen molar-refractivity contribution in [3.8, 4) is 0 Å². The zero-order valence-corrected chi connectivity index (χ0v) is 15.5. The number of nitrogens with zero attached hydrogens (tertiary/aromatic N) is 5. The molecule has 2 aliphatic heterocycles. The van der Waals surface area contributed by atoms with Gasteiger partial charge in [0.05, 0.1) is 10.5 Å². The minimum atomic E-state index is -0.00630. The first-order chi connectivity index (χ1) is 12.2. The highest BCUT2D eigenvalue weighted by Gasteiger charge is 2.37. The molecule has 4 rings (SSSR count). The van der Waals surface area contributed by atoms with Crippen LogP contribution in [-0.2, 0) is 4.79 Å². The van der Waals surface area contributed by atoms with Crippen LogP contribution in [0.3, 0.4) is 0 Å². The zero-order valence-electron chi connectivity index (χ0n) is 13.9. The molecule has 1 aromatic heterocycles. The number of hydrogen-bond acceptors (Lipinski definition) is 5. The van der Waals surface area contributed by atoms with E-state index in [2.05, 4.69) is 35.7 Å². The topological polar surface area (TPSA) is 52.6 Å². The lowest BCUT2D eigenvalue weighted by atomic mass is 10.2. The fourth-order valence-corrected chi connectivity index (χ4v) is 3.78. The summed E-state index contributed by atoms with van der Waals surface area (Å²) < 4.78 is 0.882. The number of para-hydroxylation sites is 1. The molecule has 0 saturated carbocycles. The first kappa shape index (κ1) is 16.5. The van der Waals surface area contributed by atoms with Gasteiger partial charge in [-0.15, -0.1) is 0 Å². The minimum absolute atomic E-state index is 0.00630. The van der Waals surface area contributed by atoms with E-state index in [0.29, 0.717) is 0 Å². The molecule has 0 aliphatic carbocycles. The van der Waals surface area contributed by atoms with E-state index in [-0.39, 0.29) is 11.9 Å². The molecule has 7 heteroatoms. The Bertz CT molecular complexity index is 731. The second-order valence-electron chi connectivity index (χ2n) is 6.35. The summed E-state index contributed by atoms with van der Waals surface area (Å²) in [6.45, 7) is 4.20. The van der Waals surface area contributed by atoms with Gasteiger partial charge in [0, 0.05) is 50.8 Å². The van der Waals surface area contributed by atoms with Crippen molar-refractivity contribution in [1.29, 1.82) is 0 Å². The molecule has 1 unspecified atom stereocenters. The van der Waals surface area contributed by atoms with E-state index in [9.17, 15) is 4.79 Å². The van der Waals surface area contributed by atoms with Gasteiger partial charge in [-0.05, 0) is 34.5 Å². The Labute approximate surface area is 155 Å². The van der Waals surface area contributed by atoms with Crippen molar-refractivity contribution in [3.05, 3.63) is 47.2 Å². The van der Waals surface area contributed by atoms with Crippen LogP contribution < -0.4 is 9.80 Å². The Balaban J connectivity index is 1.38. The van der Waals surface area contributed by atoms with Gasteiger partial charge in [0.2, 0.25) is 11.9 Å². The standard InChI is InChI=1S/C18H20BrN5O/c19-14-12-20-18(21-13-14)23-10-8-22(9-11-23)16-6-7-24(17(16)25)15-4-2-1-3-5-15/h1-5,12-13,16H,6-11H2. The molecule has 2 aliphatic rings. The maximum atomic E-state index is 12.8. The molecule has 0 bridgehead atoms. The molecule has 2 fully saturated rings. The zero-order chi connectivity index (χ0) is 17.2. The molecule has 1 amide bonds. The van der Waals surface area contributed by atoms with E-state index >= 15 is 0 Å². The van der Waals surface area contributed by atoms with Crippen LogP contribution >= 0.6 is 15.9 Å². The molecule has 2 aromatic rings. The smallest absolute Gasteiger partial charge is 0.244 e.